The van der Waals surface area contributed by atoms with Gasteiger partial charge in [0, 0.05) is 25.9 Å². The number of nitrogen functional groups attached to an aromatic ring is 1. The van der Waals surface area contributed by atoms with E-state index in [4.69, 9.17) is 5.73 Å². The molecule has 1 amide bonds. The monoisotopic (exact) mass is 247 g/mol. The first kappa shape index (κ1) is 12.2. The zero-order valence-electron chi connectivity index (χ0n) is 10.8. The third kappa shape index (κ3) is 2.22. The van der Waals surface area contributed by atoms with Crippen LogP contribution in [0, 0.1) is 6.92 Å². The van der Waals surface area contributed by atoms with Gasteiger partial charge in [-0.25, -0.2) is 0 Å². The lowest BCUT2D eigenvalue weighted by Gasteiger charge is -2.07. The van der Waals surface area contributed by atoms with E-state index in [9.17, 15) is 4.79 Å². The molecule has 18 heavy (non-hydrogen) atoms. The summed E-state index contributed by atoms with van der Waals surface area (Å²) in [4.78, 5) is 12.1. The highest BCUT2D eigenvalue weighted by Crippen LogP contribution is 2.14. The van der Waals surface area contributed by atoms with Crippen molar-refractivity contribution in [1.82, 2.24) is 14.3 Å². The zero-order valence-corrected chi connectivity index (χ0v) is 10.8. The van der Waals surface area contributed by atoms with Gasteiger partial charge in [0.1, 0.15) is 11.5 Å². The lowest BCUT2D eigenvalue weighted by molar-refractivity contribution is 0.101. The lowest BCUT2D eigenvalue weighted by Crippen LogP contribution is -2.18. The first-order valence-electron chi connectivity index (χ1n) is 5.79. The van der Waals surface area contributed by atoms with Crippen LogP contribution < -0.4 is 11.1 Å². The van der Waals surface area contributed by atoms with E-state index in [1.165, 1.54) is 0 Å². The molecule has 0 saturated heterocycles. The SMILES string of the molecule is CCn1cc(N)cc1C(=O)Nc1cc(C)nn1C. The molecule has 2 aromatic heterocycles. The van der Waals surface area contributed by atoms with Crippen molar-refractivity contribution in [1.29, 1.82) is 0 Å². The van der Waals surface area contributed by atoms with Crippen molar-refractivity contribution in [2.45, 2.75) is 20.4 Å². The molecule has 0 unspecified atom stereocenters. The third-order valence-corrected chi connectivity index (χ3v) is 2.73. The fourth-order valence-electron chi connectivity index (χ4n) is 1.89. The molecule has 2 rings (SSSR count). The Morgan fingerprint density at radius 3 is 2.78 bits per heavy atom. The molecule has 6 nitrogen and oxygen atoms in total. The number of carbonyl (C=O) groups excluding carboxylic acids is 1. The Hall–Kier alpha value is -2.24. The van der Waals surface area contributed by atoms with Crippen LogP contribution in [0.3, 0.4) is 0 Å². The van der Waals surface area contributed by atoms with Crippen molar-refractivity contribution in [3.63, 3.8) is 0 Å². The molecular weight excluding hydrogens is 230 g/mol. The van der Waals surface area contributed by atoms with Crippen LogP contribution in [0.15, 0.2) is 18.3 Å². The summed E-state index contributed by atoms with van der Waals surface area (Å²) in [6.07, 6.45) is 1.75. The number of amides is 1. The predicted molar refractivity (Wildman–Crippen MR) is 70.4 cm³/mol. The maximum atomic E-state index is 12.1. The molecule has 0 aliphatic heterocycles. The number of nitrogens with zero attached hydrogens (tertiary/aromatic N) is 3. The summed E-state index contributed by atoms with van der Waals surface area (Å²) >= 11 is 0. The largest absolute Gasteiger partial charge is 0.397 e. The molecule has 2 aromatic rings. The number of nitrogens with one attached hydrogen (secondary N) is 1. The second kappa shape index (κ2) is 4.56. The quantitative estimate of drug-likeness (QED) is 0.860. The first-order valence-corrected chi connectivity index (χ1v) is 5.79. The van der Waals surface area contributed by atoms with Crippen molar-refractivity contribution in [2.24, 2.45) is 7.05 Å². The molecule has 2 heterocycles. The summed E-state index contributed by atoms with van der Waals surface area (Å²) < 4.78 is 3.45. The number of aryl methyl sites for hydroxylation is 3. The molecule has 0 radical (unpaired) electrons. The number of nitrogens with two attached hydrogens (primary N) is 1. The minimum absolute atomic E-state index is 0.184. The van der Waals surface area contributed by atoms with E-state index in [1.54, 1.807) is 24.0 Å². The summed E-state index contributed by atoms with van der Waals surface area (Å²) in [7, 11) is 1.79. The Bertz CT molecular complexity index is 581. The minimum Gasteiger partial charge on any atom is -0.397 e. The number of rotatable bonds is 3. The molecule has 0 aromatic carbocycles. The predicted octanol–water partition coefficient (Wildman–Crippen LogP) is 1.38. The lowest BCUT2D eigenvalue weighted by atomic mass is 10.3. The molecule has 0 aliphatic carbocycles. The molecule has 0 saturated carbocycles. The van der Waals surface area contributed by atoms with Crippen LogP contribution in [-0.2, 0) is 13.6 Å². The second-order valence-corrected chi connectivity index (χ2v) is 4.19. The summed E-state index contributed by atoms with van der Waals surface area (Å²) in [5.74, 6) is 0.483. The van der Waals surface area contributed by atoms with E-state index >= 15 is 0 Å². The van der Waals surface area contributed by atoms with E-state index < -0.39 is 0 Å². The normalized spacial score (nSPS) is 10.6. The Morgan fingerprint density at radius 2 is 2.22 bits per heavy atom. The molecular formula is C12H17N5O. The fourth-order valence-corrected chi connectivity index (χ4v) is 1.89. The van der Waals surface area contributed by atoms with Gasteiger partial charge in [-0.05, 0) is 19.9 Å². The molecule has 0 fully saturated rings. The summed E-state index contributed by atoms with van der Waals surface area (Å²) in [6.45, 7) is 4.54. The Kier molecular flexibility index (Phi) is 3.10. The number of carbonyl (C=O) groups is 1. The van der Waals surface area contributed by atoms with Crippen molar-refractivity contribution in [2.75, 3.05) is 11.1 Å². The van der Waals surface area contributed by atoms with Gasteiger partial charge in [0.25, 0.3) is 5.91 Å². The van der Waals surface area contributed by atoms with Crippen LogP contribution in [0.2, 0.25) is 0 Å². The Morgan fingerprint density at radius 1 is 1.50 bits per heavy atom. The molecule has 0 spiro atoms. The number of aromatic nitrogens is 3. The zero-order chi connectivity index (χ0) is 13.3. The first-order chi connectivity index (χ1) is 8.51. The smallest absolute Gasteiger partial charge is 0.273 e. The second-order valence-electron chi connectivity index (χ2n) is 4.19. The van der Waals surface area contributed by atoms with Crippen molar-refractivity contribution < 1.29 is 4.79 Å². The van der Waals surface area contributed by atoms with Crippen LogP contribution in [0.5, 0.6) is 0 Å². The van der Waals surface area contributed by atoms with Crippen LogP contribution in [0.4, 0.5) is 11.5 Å². The molecule has 0 bridgehead atoms. The van der Waals surface area contributed by atoms with Gasteiger partial charge in [-0.15, -0.1) is 0 Å². The number of hydrogen-bond acceptors (Lipinski definition) is 3. The minimum atomic E-state index is -0.184. The van der Waals surface area contributed by atoms with Gasteiger partial charge >= 0.3 is 0 Å². The highest BCUT2D eigenvalue weighted by Gasteiger charge is 2.14. The average Bonchev–Trinajstić information content (AvgIpc) is 2.82. The standard InChI is InChI=1S/C12H17N5O/c1-4-17-7-9(13)6-10(17)12(18)14-11-5-8(2)15-16(11)3/h5-7H,4,13H2,1-3H3,(H,14,18). The van der Waals surface area contributed by atoms with Crippen LogP contribution in [0.1, 0.15) is 23.1 Å². The molecule has 96 valence electrons. The van der Waals surface area contributed by atoms with Crippen molar-refractivity contribution >= 4 is 17.4 Å². The van der Waals surface area contributed by atoms with E-state index in [2.05, 4.69) is 10.4 Å². The van der Waals surface area contributed by atoms with Gasteiger partial charge < -0.3 is 15.6 Å². The molecule has 0 atom stereocenters. The van der Waals surface area contributed by atoms with Gasteiger partial charge in [-0.2, -0.15) is 5.10 Å². The van der Waals surface area contributed by atoms with E-state index in [1.807, 2.05) is 24.5 Å². The fraction of sp³-hybridized carbons (Fsp3) is 0.333. The Labute approximate surface area is 105 Å². The Balaban J connectivity index is 2.24. The molecule has 6 heteroatoms. The third-order valence-electron chi connectivity index (χ3n) is 2.73. The summed E-state index contributed by atoms with van der Waals surface area (Å²) in [5.41, 5.74) is 7.70. The highest BCUT2D eigenvalue weighted by molar-refractivity contribution is 6.03. The molecule has 0 aliphatic rings. The van der Waals surface area contributed by atoms with E-state index in [0.29, 0.717) is 23.7 Å². The number of anilines is 2. The van der Waals surface area contributed by atoms with Crippen molar-refractivity contribution in [3.8, 4) is 0 Å². The topological polar surface area (TPSA) is 77.9 Å². The molecule has 3 N–H and O–H groups in total. The van der Waals surface area contributed by atoms with Gasteiger partial charge in [-0.1, -0.05) is 0 Å². The maximum Gasteiger partial charge on any atom is 0.273 e. The van der Waals surface area contributed by atoms with Gasteiger partial charge in [-0.3, -0.25) is 9.48 Å². The highest BCUT2D eigenvalue weighted by atomic mass is 16.2. The van der Waals surface area contributed by atoms with Crippen molar-refractivity contribution in [3.05, 3.63) is 29.7 Å². The summed E-state index contributed by atoms with van der Waals surface area (Å²) in [6, 6.07) is 3.49. The van der Waals surface area contributed by atoms with Gasteiger partial charge in [0.2, 0.25) is 0 Å². The maximum absolute atomic E-state index is 12.1. The van der Waals surface area contributed by atoms with Gasteiger partial charge in [0.05, 0.1) is 11.4 Å². The van der Waals surface area contributed by atoms with Crippen LogP contribution >= 0.6 is 0 Å². The number of hydrogen-bond donors (Lipinski definition) is 2. The van der Waals surface area contributed by atoms with Crippen LogP contribution in [0.25, 0.3) is 0 Å². The average molecular weight is 247 g/mol. The van der Waals surface area contributed by atoms with E-state index in [0.717, 1.165) is 5.69 Å². The summed E-state index contributed by atoms with van der Waals surface area (Å²) in [5, 5.41) is 7.00. The van der Waals surface area contributed by atoms with E-state index in [-0.39, 0.29) is 5.91 Å². The van der Waals surface area contributed by atoms with Gasteiger partial charge in [0.15, 0.2) is 0 Å². The van der Waals surface area contributed by atoms with Crippen LogP contribution in [-0.4, -0.2) is 20.3 Å².